The minimum atomic E-state index is -4.90. The molecule has 0 N–H and O–H groups in total. The highest BCUT2D eigenvalue weighted by molar-refractivity contribution is 7.48. The smallest absolute Gasteiger partial charge is 0.434 e. The molecule has 0 amide bonds. The molecule has 0 aromatic carbocycles. The normalized spacial score (nSPS) is 12.3. The highest BCUT2D eigenvalue weighted by Gasteiger charge is 2.38. The molecule has 112 valence electrons. The van der Waals surface area contributed by atoms with Gasteiger partial charge in [0, 0.05) is 0 Å². The van der Waals surface area contributed by atoms with E-state index in [-0.39, 0.29) is 13.2 Å². The molecular weight excluding hydrogens is 292 g/mol. The molecule has 0 aliphatic heterocycles. The van der Waals surface area contributed by atoms with Crippen LogP contribution < -0.4 is 0 Å². The predicted octanol–water partition coefficient (Wildman–Crippen LogP) is 2.80. The zero-order valence-electron chi connectivity index (χ0n) is 10.4. The van der Waals surface area contributed by atoms with E-state index in [9.17, 15) is 22.5 Å². The van der Waals surface area contributed by atoms with Gasteiger partial charge in [-0.15, -0.1) is 0 Å². The number of phosphoric ester groups is 1. The fraction of sp³-hybridized carbons (Fsp3) is 0.667. The number of ether oxygens (including phenoxy) is 1. The van der Waals surface area contributed by atoms with E-state index in [1.54, 1.807) is 0 Å². The zero-order valence-corrected chi connectivity index (χ0v) is 11.3. The van der Waals surface area contributed by atoms with Gasteiger partial charge in [-0.3, -0.25) is 9.05 Å². The Hall–Kier alpha value is -0.890. The molecule has 0 rings (SSSR count). The fourth-order valence-electron chi connectivity index (χ4n) is 0.775. The van der Waals surface area contributed by atoms with Crippen LogP contribution in [0.2, 0.25) is 0 Å². The molecule has 0 saturated carbocycles. The summed E-state index contributed by atoms with van der Waals surface area (Å²) < 4.78 is 65.7. The monoisotopic (exact) mass is 306 g/mol. The topological polar surface area (TPSA) is 71.1 Å². The highest BCUT2D eigenvalue weighted by Crippen LogP contribution is 2.49. The quantitative estimate of drug-likeness (QED) is 0.297. The molecule has 0 aromatic heterocycles. The van der Waals surface area contributed by atoms with Crippen molar-refractivity contribution in [2.45, 2.75) is 20.0 Å². The van der Waals surface area contributed by atoms with Crippen molar-refractivity contribution in [1.82, 2.24) is 0 Å². The second-order valence-corrected chi connectivity index (χ2v) is 4.61. The van der Waals surface area contributed by atoms with E-state index in [4.69, 9.17) is 0 Å². The Balaban J connectivity index is 4.31. The number of halogens is 3. The lowest BCUT2D eigenvalue weighted by Gasteiger charge is -2.16. The van der Waals surface area contributed by atoms with Gasteiger partial charge in [-0.1, -0.05) is 6.58 Å². The average Bonchev–Trinajstić information content (AvgIpc) is 2.27. The summed E-state index contributed by atoms with van der Waals surface area (Å²) in [5.41, 5.74) is -1.70. The second kappa shape index (κ2) is 7.64. The molecule has 0 fully saturated rings. The Morgan fingerprint density at radius 2 is 1.63 bits per heavy atom. The van der Waals surface area contributed by atoms with E-state index in [1.807, 2.05) is 0 Å². The van der Waals surface area contributed by atoms with Gasteiger partial charge in [0.15, 0.2) is 0 Å². The largest absolute Gasteiger partial charge is 0.477 e. The van der Waals surface area contributed by atoms with Crippen molar-refractivity contribution in [3.63, 3.8) is 0 Å². The number of esters is 1. The summed E-state index contributed by atoms with van der Waals surface area (Å²) in [4.78, 5) is 10.9. The van der Waals surface area contributed by atoms with Crippen LogP contribution >= 0.6 is 7.82 Å². The Labute approximate surface area is 108 Å². The standard InChI is InChI=1S/C9H14F3O6P/c1-4-16-19(14,17-5-2)18-6-15-8(13)7(3)9(10,11)12/h3-6H2,1-2H3. The molecule has 0 spiro atoms. The molecule has 0 aliphatic carbocycles. The van der Waals surface area contributed by atoms with Gasteiger partial charge in [-0.05, 0) is 13.8 Å². The number of hydrogen-bond acceptors (Lipinski definition) is 6. The number of carbonyl (C=O) groups is 1. The summed E-state index contributed by atoms with van der Waals surface area (Å²) in [6, 6.07) is 0. The SMILES string of the molecule is C=C(C(=O)OCOP(=O)(OCC)OCC)C(F)(F)F. The van der Waals surface area contributed by atoms with Gasteiger partial charge >= 0.3 is 20.0 Å². The number of hydrogen-bond donors (Lipinski definition) is 0. The lowest BCUT2D eigenvalue weighted by atomic mass is 10.3. The van der Waals surface area contributed by atoms with Crippen LogP contribution in [0.25, 0.3) is 0 Å². The van der Waals surface area contributed by atoms with E-state index < -0.39 is 32.3 Å². The Morgan fingerprint density at radius 3 is 2.00 bits per heavy atom. The van der Waals surface area contributed by atoms with Crippen molar-refractivity contribution in [3.05, 3.63) is 12.2 Å². The molecule has 0 bridgehead atoms. The van der Waals surface area contributed by atoms with Gasteiger partial charge in [0.05, 0.1) is 13.2 Å². The molecule has 0 radical (unpaired) electrons. The summed E-state index contributed by atoms with van der Waals surface area (Å²) in [6.07, 6.45) is -4.90. The maximum atomic E-state index is 12.1. The second-order valence-electron chi connectivity index (χ2n) is 2.94. The van der Waals surface area contributed by atoms with Gasteiger partial charge < -0.3 is 4.74 Å². The van der Waals surface area contributed by atoms with Crippen LogP contribution in [-0.4, -0.2) is 32.2 Å². The van der Waals surface area contributed by atoms with Crippen molar-refractivity contribution in [2.24, 2.45) is 0 Å². The van der Waals surface area contributed by atoms with E-state index in [2.05, 4.69) is 24.9 Å². The molecule has 6 nitrogen and oxygen atoms in total. The van der Waals surface area contributed by atoms with Crippen LogP contribution in [0.3, 0.4) is 0 Å². The summed E-state index contributed by atoms with van der Waals surface area (Å²) in [5.74, 6) is -1.73. The maximum absolute atomic E-state index is 12.1. The molecule has 0 aliphatic rings. The van der Waals surface area contributed by atoms with Gasteiger partial charge in [-0.25, -0.2) is 13.9 Å². The van der Waals surface area contributed by atoms with E-state index >= 15 is 0 Å². The number of carbonyl (C=O) groups excluding carboxylic acids is 1. The fourth-order valence-corrected chi connectivity index (χ4v) is 1.81. The van der Waals surface area contributed by atoms with Crippen LogP contribution in [-0.2, 0) is 27.7 Å². The predicted molar refractivity (Wildman–Crippen MR) is 58.1 cm³/mol. The summed E-state index contributed by atoms with van der Waals surface area (Å²) in [6.45, 7) is 4.50. The highest BCUT2D eigenvalue weighted by atomic mass is 31.2. The molecule has 19 heavy (non-hydrogen) atoms. The summed E-state index contributed by atoms with van der Waals surface area (Å²) in [7, 11) is -3.93. The Bertz CT molecular complexity index is 357. The van der Waals surface area contributed by atoms with Gasteiger partial charge in [0.25, 0.3) is 0 Å². The summed E-state index contributed by atoms with van der Waals surface area (Å²) >= 11 is 0. The third-order valence-electron chi connectivity index (χ3n) is 1.56. The number of rotatable bonds is 8. The average molecular weight is 306 g/mol. The van der Waals surface area contributed by atoms with Crippen molar-refractivity contribution in [3.8, 4) is 0 Å². The lowest BCUT2D eigenvalue weighted by Crippen LogP contribution is -2.22. The Kier molecular flexibility index (Phi) is 7.28. The lowest BCUT2D eigenvalue weighted by molar-refractivity contribution is -0.157. The van der Waals surface area contributed by atoms with Gasteiger partial charge in [0.1, 0.15) is 5.57 Å². The first-order chi connectivity index (χ1) is 8.66. The third-order valence-corrected chi connectivity index (χ3v) is 3.13. The van der Waals surface area contributed by atoms with Crippen molar-refractivity contribution in [1.29, 1.82) is 0 Å². The molecule has 0 saturated heterocycles. The van der Waals surface area contributed by atoms with Crippen LogP contribution in [0, 0.1) is 0 Å². The van der Waals surface area contributed by atoms with Crippen molar-refractivity contribution < 1.29 is 40.8 Å². The van der Waals surface area contributed by atoms with Crippen LogP contribution in [0.1, 0.15) is 13.8 Å². The number of alkyl halides is 3. The van der Waals surface area contributed by atoms with E-state index in [1.165, 1.54) is 13.8 Å². The maximum Gasteiger partial charge on any atom is 0.477 e. The molecular formula is C9H14F3O6P. The molecule has 0 unspecified atom stereocenters. The minimum absolute atomic E-state index is 0.0134. The molecule has 0 aromatic rings. The molecule has 0 atom stereocenters. The van der Waals surface area contributed by atoms with Crippen LogP contribution in [0.15, 0.2) is 12.2 Å². The van der Waals surface area contributed by atoms with Crippen LogP contribution in [0.4, 0.5) is 13.2 Å². The first-order valence-corrected chi connectivity index (χ1v) is 6.59. The first kappa shape index (κ1) is 18.1. The summed E-state index contributed by atoms with van der Waals surface area (Å²) in [5, 5.41) is 0. The van der Waals surface area contributed by atoms with E-state index in [0.29, 0.717) is 0 Å². The number of phosphoric acid groups is 1. The molecule has 0 heterocycles. The minimum Gasteiger partial charge on any atom is -0.434 e. The molecule has 10 heteroatoms. The van der Waals surface area contributed by atoms with Crippen molar-refractivity contribution in [2.75, 3.05) is 20.0 Å². The Morgan fingerprint density at radius 1 is 1.16 bits per heavy atom. The third kappa shape index (κ3) is 6.72. The van der Waals surface area contributed by atoms with Crippen molar-refractivity contribution >= 4 is 13.8 Å². The zero-order chi connectivity index (χ0) is 15.1. The van der Waals surface area contributed by atoms with Gasteiger partial charge in [0.2, 0.25) is 6.79 Å². The van der Waals surface area contributed by atoms with E-state index in [0.717, 1.165) is 0 Å². The first-order valence-electron chi connectivity index (χ1n) is 5.13. The van der Waals surface area contributed by atoms with Crippen LogP contribution in [0.5, 0.6) is 0 Å². The van der Waals surface area contributed by atoms with Gasteiger partial charge in [-0.2, -0.15) is 13.2 Å².